The number of hydrogen-bond donors (Lipinski definition) is 0. The Morgan fingerprint density at radius 3 is 2.77 bits per heavy atom. The number of fused-ring (bicyclic) bond motifs is 1. The Kier molecular flexibility index (Phi) is 1.81. The standard InChI is InChI=1S/C11H13O2/c1-8-9-6-4-5-7-10(9)13-11(2,3)12-8/h4-8H,1H2,2-3H3/t8-/m1/s1. The first-order chi connectivity index (χ1) is 6.08. The third kappa shape index (κ3) is 1.54. The number of rotatable bonds is 0. The zero-order valence-corrected chi connectivity index (χ0v) is 7.91. The molecule has 1 radical (unpaired) electrons. The summed E-state index contributed by atoms with van der Waals surface area (Å²) in [5, 5.41) is 0. The van der Waals surface area contributed by atoms with E-state index < -0.39 is 5.79 Å². The third-order valence-electron chi connectivity index (χ3n) is 2.05. The first kappa shape index (κ1) is 8.57. The summed E-state index contributed by atoms with van der Waals surface area (Å²) in [6.45, 7) is 7.71. The van der Waals surface area contributed by atoms with Crippen molar-refractivity contribution >= 4 is 0 Å². The molecule has 0 amide bonds. The van der Waals surface area contributed by atoms with E-state index in [0.717, 1.165) is 11.3 Å². The van der Waals surface area contributed by atoms with Gasteiger partial charge in [0.15, 0.2) is 0 Å². The predicted molar refractivity (Wildman–Crippen MR) is 50.3 cm³/mol. The van der Waals surface area contributed by atoms with Crippen LogP contribution in [0.15, 0.2) is 24.3 Å². The molecule has 0 aliphatic carbocycles. The Morgan fingerprint density at radius 2 is 2.00 bits per heavy atom. The summed E-state index contributed by atoms with van der Waals surface area (Å²) in [6.07, 6.45) is -0.139. The molecule has 1 aliphatic rings. The van der Waals surface area contributed by atoms with Crippen molar-refractivity contribution in [3.8, 4) is 5.75 Å². The van der Waals surface area contributed by atoms with Gasteiger partial charge in [0, 0.05) is 19.4 Å². The van der Waals surface area contributed by atoms with E-state index in [2.05, 4.69) is 6.92 Å². The second-order valence-corrected chi connectivity index (χ2v) is 3.65. The molecule has 2 rings (SSSR count). The number of benzene rings is 1. The zero-order valence-electron chi connectivity index (χ0n) is 7.91. The summed E-state index contributed by atoms with van der Waals surface area (Å²) < 4.78 is 11.2. The van der Waals surface area contributed by atoms with Crippen LogP contribution in [0.2, 0.25) is 0 Å². The maximum absolute atomic E-state index is 5.63. The van der Waals surface area contributed by atoms with E-state index in [4.69, 9.17) is 9.47 Å². The van der Waals surface area contributed by atoms with Crippen LogP contribution in [0.25, 0.3) is 0 Å². The van der Waals surface area contributed by atoms with Crippen molar-refractivity contribution in [3.63, 3.8) is 0 Å². The summed E-state index contributed by atoms with van der Waals surface area (Å²) in [7, 11) is 0. The van der Waals surface area contributed by atoms with Gasteiger partial charge < -0.3 is 9.47 Å². The lowest BCUT2D eigenvalue weighted by Crippen LogP contribution is -2.36. The molecular formula is C11H13O2. The second-order valence-electron chi connectivity index (χ2n) is 3.65. The lowest BCUT2D eigenvalue weighted by molar-refractivity contribution is -0.195. The molecule has 1 aliphatic heterocycles. The third-order valence-corrected chi connectivity index (χ3v) is 2.05. The van der Waals surface area contributed by atoms with Crippen LogP contribution in [0, 0.1) is 6.92 Å². The van der Waals surface area contributed by atoms with Crippen LogP contribution in [-0.4, -0.2) is 5.79 Å². The minimum absolute atomic E-state index is 0.139. The van der Waals surface area contributed by atoms with Crippen molar-refractivity contribution < 1.29 is 9.47 Å². The Balaban J connectivity index is 2.43. The minimum Gasteiger partial charge on any atom is -0.463 e. The van der Waals surface area contributed by atoms with E-state index in [-0.39, 0.29) is 6.10 Å². The Bertz CT molecular complexity index is 318. The highest BCUT2D eigenvalue weighted by Crippen LogP contribution is 2.37. The average Bonchev–Trinajstić information content (AvgIpc) is 2.02. The maximum atomic E-state index is 5.63. The van der Waals surface area contributed by atoms with Gasteiger partial charge in [0.25, 0.3) is 0 Å². The molecular weight excluding hydrogens is 164 g/mol. The highest BCUT2D eigenvalue weighted by Gasteiger charge is 2.31. The van der Waals surface area contributed by atoms with Gasteiger partial charge in [-0.1, -0.05) is 18.2 Å². The van der Waals surface area contributed by atoms with Gasteiger partial charge in [0.05, 0.1) is 6.10 Å². The fraction of sp³-hybridized carbons (Fsp3) is 0.364. The molecule has 0 unspecified atom stereocenters. The molecule has 1 atom stereocenters. The first-order valence-electron chi connectivity index (χ1n) is 4.37. The number of para-hydroxylation sites is 1. The van der Waals surface area contributed by atoms with E-state index in [1.165, 1.54) is 0 Å². The van der Waals surface area contributed by atoms with E-state index in [1.54, 1.807) is 0 Å². The lowest BCUT2D eigenvalue weighted by atomic mass is 10.1. The highest BCUT2D eigenvalue weighted by molar-refractivity contribution is 5.37. The van der Waals surface area contributed by atoms with Gasteiger partial charge in [-0.15, -0.1) is 0 Å². The van der Waals surface area contributed by atoms with Gasteiger partial charge in [-0.05, 0) is 13.0 Å². The Labute approximate surface area is 78.5 Å². The molecule has 0 bridgehead atoms. The molecule has 0 spiro atoms. The molecule has 2 heteroatoms. The van der Waals surface area contributed by atoms with Crippen molar-refractivity contribution in [1.82, 2.24) is 0 Å². The minimum atomic E-state index is -0.569. The predicted octanol–water partition coefficient (Wildman–Crippen LogP) is 2.71. The molecule has 1 aromatic carbocycles. The van der Waals surface area contributed by atoms with Crippen molar-refractivity contribution in [2.75, 3.05) is 0 Å². The van der Waals surface area contributed by atoms with E-state index in [9.17, 15) is 0 Å². The molecule has 69 valence electrons. The summed E-state index contributed by atoms with van der Waals surface area (Å²) in [5.41, 5.74) is 1.02. The van der Waals surface area contributed by atoms with Crippen LogP contribution >= 0.6 is 0 Å². The Hall–Kier alpha value is -1.02. The molecule has 1 heterocycles. The molecule has 0 saturated heterocycles. The molecule has 1 aromatic rings. The van der Waals surface area contributed by atoms with E-state index in [1.807, 2.05) is 38.1 Å². The summed E-state index contributed by atoms with van der Waals surface area (Å²) in [4.78, 5) is 0. The van der Waals surface area contributed by atoms with Gasteiger partial charge in [-0.25, -0.2) is 0 Å². The molecule has 0 saturated carbocycles. The fourth-order valence-corrected chi connectivity index (χ4v) is 1.53. The van der Waals surface area contributed by atoms with Gasteiger partial charge in [-0.2, -0.15) is 0 Å². The Morgan fingerprint density at radius 1 is 1.31 bits per heavy atom. The van der Waals surface area contributed by atoms with E-state index in [0.29, 0.717) is 0 Å². The number of ether oxygens (including phenoxy) is 2. The summed E-state index contributed by atoms with van der Waals surface area (Å²) in [6, 6.07) is 7.83. The normalized spacial score (nSPS) is 24.7. The largest absolute Gasteiger partial charge is 0.463 e. The first-order valence-corrected chi connectivity index (χ1v) is 4.37. The monoisotopic (exact) mass is 177 g/mol. The van der Waals surface area contributed by atoms with Gasteiger partial charge in [-0.3, -0.25) is 0 Å². The SMILES string of the molecule is [CH2][C@H]1OC(C)(C)Oc2ccccc21. The zero-order chi connectivity index (χ0) is 9.47. The van der Waals surface area contributed by atoms with Crippen LogP contribution in [0.4, 0.5) is 0 Å². The molecule has 0 fully saturated rings. The second kappa shape index (κ2) is 2.74. The number of hydrogen-bond acceptors (Lipinski definition) is 2. The maximum Gasteiger partial charge on any atom is 0.205 e. The van der Waals surface area contributed by atoms with Crippen LogP contribution in [0.5, 0.6) is 5.75 Å². The van der Waals surface area contributed by atoms with Crippen molar-refractivity contribution in [3.05, 3.63) is 36.8 Å². The quantitative estimate of drug-likeness (QED) is 0.606. The van der Waals surface area contributed by atoms with Crippen LogP contribution in [0.1, 0.15) is 25.5 Å². The lowest BCUT2D eigenvalue weighted by Gasteiger charge is -2.36. The highest BCUT2D eigenvalue weighted by atomic mass is 16.7. The van der Waals surface area contributed by atoms with Crippen LogP contribution < -0.4 is 4.74 Å². The van der Waals surface area contributed by atoms with E-state index >= 15 is 0 Å². The fourth-order valence-electron chi connectivity index (χ4n) is 1.53. The van der Waals surface area contributed by atoms with Gasteiger partial charge in [0.2, 0.25) is 5.79 Å². The summed E-state index contributed by atoms with van der Waals surface area (Å²) in [5.74, 6) is 0.305. The molecule has 13 heavy (non-hydrogen) atoms. The molecule has 2 nitrogen and oxygen atoms in total. The molecule has 0 N–H and O–H groups in total. The van der Waals surface area contributed by atoms with Crippen molar-refractivity contribution in [2.45, 2.75) is 25.7 Å². The molecule has 0 aromatic heterocycles. The van der Waals surface area contributed by atoms with Crippen molar-refractivity contribution in [1.29, 1.82) is 0 Å². The van der Waals surface area contributed by atoms with Crippen LogP contribution in [-0.2, 0) is 4.74 Å². The summed E-state index contributed by atoms with van der Waals surface area (Å²) >= 11 is 0. The topological polar surface area (TPSA) is 18.5 Å². The van der Waals surface area contributed by atoms with Crippen molar-refractivity contribution in [2.24, 2.45) is 0 Å². The van der Waals surface area contributed by atoms with Gasteiger partial charge in [0.1, 0.15) is 5.75 Å². The average molecular weight is 177 g/mol. The van der Waals surface area contributed by atoms with Gasteiger partial charge >= 0.3 is 0 Å². The smallest absolute Gasteiger partial charge is 0.205 e. The van der Waals surface area contributed by atoms with Crippen LogP contribution in [0.3, 0.4) is 0 Å².